The summed E-state index contributed by atoms with van der Waals surface area (Å²) in [4.78, 5) is 0. The molecule has 0 aliphatic heterocycles. The molecule has 0 saturated carbocycles. The summed E-state index contributed by atoms with van der Waals surface area (Å²) in [6.07, 6.45) is 0.944. The molecule has 1 aromatic rings. The number of hydrogen-bond donors (Lipinski definition) is 0. The quantitative estimate of drug-likeness (QED) is 0.594. The summed E-state index contributed by atoms with van der Waals surface area (Å²) >= 11 is 2.28. The van der Waals surface area contributed by atoms with E-state index in [4.69, 9.17) is 9.47 Å². The van der Waals surface area contributed by atoms with Crippen molar-refractivity contribution in [3.05, 3.63) is 27.8 Å². The summed E-state index contributed by atoms with van der Waals surface area (Å²) in [5.41, 5.74) is 0. The zero-order valence-electron chi connectivity index (χ0n) is 8.33. The molecule has 0 atom stereocenters. The molecule has 0 spiro atoms. The Bertz CT molecular complexity index is 263. The van der Waals surface area contributed by atoms with E-state index in [0.29, 0.717) is 0 Å². The molecule has 0 aliphatic carbocycles. The highest BCUT2D eigenvalue weighted by molar-refractivity contribution is 14.1. The van der Waals surface area contributed by atoms with Gasteiger partial charge in [-0.1, -0.05) is 6.07 Å². The average Bonchev–Trinajstić information content (AvgIpc) is 2.18. The Labute approximate surface area is 98.7 Å². The highest BCUT2D eigenvalue weighted by atomic mass is 127. The summed E-state index contributed by atoms with van der Waals surface area (Å²) in [5.74, 6) is 0.938. The molecule has 0 radical (unpaired) electrons. The predicted octanol–water partition coefficient (Wildman–Crippen LogP) is 3.10. The van der Waals surface area contributed by atoms with E-state index in [1.807, 2.05) is 31.2 Å². The van der Waals surface area contributed by atoms with E-state index in [0.717, 1.165) is 32.0 Å². The van der Waals surface area contributed by atoms with Crippen molar-refractivity contribution in [1.29, 1.82) is 0 Å². The van der Waals surface area contributed by atoms with Crippen molar-refractivity contribution in [2.75, 3.05) is 19.8 Å². The van der Waals surface area contributed by atoms with E-state index < -0.39 is 0 Å². The lowest BCUT2D eigenvalue weighted by atomic mass is 10.3. The van der Waals surface area contributed by atoms with Crippen LogP contribution in [0.5, 0.6) is 5.75 Å². The Kier molecular flexibility index (Phi) is 5.94. The Balaban J connectivity index is 2.18. The Hall–Kier alpha value is -0.290. The van der Waals surface area contributed by atoms with Gasteiger partial charge in [0.1, 0.15) is 5.75 Å². The van der Waals surface area contributed by atoms with Gasteiger partial charge < -0.3 is 9.47 Å². The molecule has 0 fully saturated rings. The molecule has 0 heterocycles. The van der Waals surface area contributed by atoms with E-state index in [2.05, 4.69) is 22.6 Å². The molecule has 0 amide bonds. The minimum absolute atomic E-state index is 0.722. The molecule has 0 saturated heterocycles. The number of hydrogen-bond acceptors (Lipinski definition) is 2. The van der Waals surface area contributed by atoms with E-state index in [-0.39, 0.29) is 0 Å². The van der Waals surface area contributed by atoms with Crippen molar-refractivity contribution >= 4 is 22.6 Å². The second kappa shape index (κ2) is 7.06. The Morgan fingerprint density at radius 2 is 2.14 bits per heavy atom. The largest absolute Gasteiger partial charge is 0.493 e. The van der Waals surface area contributed by atoms with Crippen LogP contribution >= 0.6 is 22.6 Å². The topological polar surface area (TPSA) is 18.5 Å². The van der Waals surface area contributed by atoms with Gasteiger partial charge in [0.15, 0.2) is 0 Å². The van der Waals surface area contributed by atoms with Gasteiger partial charge >= 0.3 is 0 Å². The second-order valence-electron chi connectivity index (χ2n) is 2.86. The van der Waals surface area contributed by atoms with Gasteiger partial charge in [0, 0.05) is 23.2 Å². The van der Waals surface area contributed by atoms with Crippen molar-refractivity contribution in [3.63, 3.8) is 0 Å². The van der Waals surface area contributed by atoms with Gasteiger partial charge in [0.2, 0.25) is 0 Å². The number of rotatable bonds is 6. The first-order chi connectivity index (χ1) is 6.83. The summed E-state index contributed by atoms with van der Waals surface area (Å²) in [7, 11) is 0. The molecule has 78 valence electrons. The molecular weight excluding hydrogens is 291 g/mol. The summed E-state index contributed by atoms with van der Waals surface area (Å²) in [6.45, 7) is 4.28. The van der Waals surface area contributed by atoms with Gasteiger partial charge in [-0.25, -0.2) is 0 Å². The maximum absolute atomic E-state index is 5.55. The third-order valence-corrected chi connectivity index (χ3v) is 2.37. The average molecular weight is 306 g/mol. The molecule has 2 nitrogen and oxygen atoms in total. The van der Waals surface area contributed by atoms with Gasteiger partial charge in [-0.2, -0.15) is 0 Å². The van der Waals surface area contributed by atoms with Crippen molar-refractivity contribution in [3.8, 4) is 5.75 Å². The highest BCUT2D eigenvalue weighted by Gasteiger charge is 1.94. The third kappa shape index (κ3) is 4.81. The van der Waals surface area contributed by atoms with Crippen molar-refractivity contribution in [2.45, 2.75) is 13.3 Å². The number of ether oxygens (including phenoxy) is 2. The Morgan fingerprint density at radius 3 is 2.86 bits per heavy atom. The van der Waals surface area contributed by atoms with Crippen LogP contribution in [0.15, 0.2) is 24.3 Å². The van der Waals surface area contributed by atoms with Crippen LogP contribution in [0.1, 0.15) is 13.3 Å². The monoisotopic (exact) mass is 306 g/mol. The summed E-state index contributed by atoms with van der Waals surface area (Å²) < 4.78 is 12.0. The maximum Gasteiger partial charge on any atom is 0.120 e. The van der Waals surface area contributed by atoms with Crippen molar-refractivity contribution < 1.29 is 9.47 Å². The molecule has 0 unspecified atom stereocenters. The molecule has 3 heteroatoms. The van der Waals surface area contributed by atoms with Gasteiger partial charge in [-0.15, -0.1) is 0 Å². The van der Waals surface area contributed by atoms with Crippen LogP contribution in [0.3, 0.4) is 0 Å². The molecule has 1 aromatic carbocycles. The van der Waals surface area contributed by atoms with Gasteiger partial charge in [-0.3, -0.25) is 0 Å². The van der Waals surface area contributed by atoms with Crippen LogP contribution in [-0.2, 0) is 4.74 Å². The van der Waals surface area contributed by atoms with Crippen molar-refractivity contribution in [2.24, 2.45) is 0 Å². The van der Waals surface area contributed by atoms with E-state index in [9.17, 15) is 0 Å². The first kappa shape index (κ1) is 11.8. The van der Waals surface area contributed by atoms with Gasteiger partial charge in [-0.05, 0) is 47.7 Å². The predicted molar refractivity (Wildman–Crippen MR) is 65.8 cm³/mol. The molecule has 0 aromatic heterocycles. The number of benzene rings is 1. The fraction of sp³-hybridized carbons (Fsp3) is 0.455. The zero-order chi connectivity index (χ0) is 10.2. The van der Waals surface area contributed by atoms with Crippen LogP contribution in [0, 0.1) is 3.57 Å². The van der Waals surface area contributed by atoms with Gasteiger partial charge in [0.25, 0.3) is 0 Å². The normalized spacial score (nSPS) is 10.1. The Morgan fingerprint density at radius 1 is 1.29 bits per heavy atom. The minimum Gasteiger partial charge on any atom is -0.493 e. The first-order valence-corrected chi connectivity index (χ1v) is 5.87. The molecule has 0 N–H and O–H groups in total. The molecule has 1 rings (SSSR count). The first-order valence-electron chi connectivity index (χ1n) is 4.79. The smallest absolute Gasteiger partial charge is 0.120 e. The molecule has 14 heavy (non-hydrogen) atoms. The van der Waals surface area contributed by atoms with Crippen LogP contribution in [-0.4, -0.2) is 19.8 Å². The summed E-state index contributed by atoms with van der Waals surface area (Å²) in [6, 6.07) is 8.05. The van der Waals surface area contributed by atoms with Crippen molar-refractivity contribution in [1.82, 2.24) is 0 Å². The highest BCUT2D eigenvalue weighted by Crippen LogP contribution is 2.14. The van der Waals surface area contributed by atoms with Crippen LogP contribution in [0.25, 0.3) is 0 Å². The van der Waals surface area contributed by atoms with Gasteiger partial charge in [0.05, 0.1) is 6.61 Å². The fourth-order valence-corrected chi connectivity index (χ4v) is 1.57. The lowest BCUT2D eigenvalue weighted by Crippen LogP contribution is -2.02. The maximum atomic E-state index is 5.55. The minimum atomic E-state index is 0.722. The molecular formula is C11H15IO2. The molecule has 0 aliphatic rings. The second-order valence-corrected chi connectivity index (χ2v) is 4.10. The number of halogens is 1. The molecule has 0 bridgehead atoms. The SMILES string of the molecule is CCOCCCOc1cccc(I)c1. The zero-order valence-corrected chi connectivity index (χ0v) is 10.5. The fourth-order valence-electron chi connectivity index (χ4n) is 1.05. The van der Waals surface area contributed by atoms with E-state index in [1.54, 1.807) is 0 Å². The van der Waals surface area contributed by atoms with Crippen LogP contribution in [0.4, 0.5) is 0 Å². The summed E-state index contributed by atoms with van der Waals surface area (Å²) in [5, 5.41) is 0. The lowest BCUT2D eigenvalue weighted by molar-refractivity contribution is 0.131. The third-order valence-electron chi connectivity index (χ3n) is 1.70. The van der Waals surface area contributed by atoms with Crippen LogP contribution in [0.2, 0.25) is 0 Å². The van der Waals surface area contributed by atoms with Crippen LogP contribution < -0.4 is 4.74 Å². The lowest BCUT2D eigenvalue weighted by Gasteiger charge is -2.06. The standard InChI is InChI=1S/C11H15IO2/c1-2-13-7-4-8-14-11-6-3-5-10(12)9-11/h3,5-6,9H,2,4,7-8H2,1H3. The van der Waals surface area contributed by atoms with E-state index >= 15 is 0 Å². The van der Waals surface area contributed by atoms with E-state index in [1.165, 1.54) is 3.57 Å².